The molecule has 1 saturated carbocycles. The van der Waals surface area contributed by atoms with Crippen LogP contribution in [0.2, 0.25) is 0 Å². The van der Waals surface area contributed by atoms with Crippen LogP contribution < -0.4 is 5.32 Å². The third-order valence-corrected chi connectivity index (χ3v) is 4.50. The van der Waals surface area contributed by atoms with Crippen LogP contribution in [-0.4, -0.2) is 98.1 Å². The number of piperazine rings is 1. The number of ether oxygens (including phenoxy) is 1. The summed E-state index contributed by atoms with van der Waals surface area (Å²) in [5.74, 6) is 0.337. The Labute approximate surface area is 131 Å². The highest BCUT2D eigenvalue weighted by Crippen LogP contribution is 2.18. The van der Waals surface area contributed by atoms with E-state index in [0.29, 0.717) is 45.4 Å². The molecule has 3 fully saturated rings. The fourth-order valence-electron chi connectivity index (χ4n) is 2.91. The molecule has 1 N–H and O–H groups in total. The number of nitrogens with zero attached hydrogens (tertiary/aromatic N) is 3. The zero-order valence-corrected chi connectivity index (χ0v) is 13.1. The van der Waals surface area contributed by atoms with Gasteiger partial charge in [0.15, 0.2) is 0 Å². The number of nitrogens with one attached hydrogen (secondary N) is 1. The van der Waals surface area contributed by atoms with Crippen molar-refractivity contribution in [2.45, 2.75) is 18.9 Å². The predicted molar refractivity (Wildman–Crippen MR) is 81.4 cm³/mol. The van der Waals surface area contributed by atoms with Crippen LogP contribution in [0.3, 0.4) is 0 Å². The topological polar surface area (TPSA) is 65.1 Å². The Kier molecular flexibility index (Phi) is 5.28. The lowest BCUT2D eigenvalue weighted by Crippen LogP contribution is -2.53. The minimum atomic E-state index is 0.139. The second-order valence-electron chi connectivity index (χ2n) is 6.39. The third kappa shape index (κ3) is 4.66. The molecule has 3 aliphatic rings. The van der Waals surface area contributed by atoms with Gasteiger partial charge >= 0.3 is 0 Å². The van der Waals surface area contributed by atoms with Gasteiger partial charge in [0.1, 0.15) is 0 Å². The molecule has 2 saturated heterocycles. The summed E-state index contributed by atoms with van der Waals surface area (Å²) < 4.78 is 5.27. The van der Waals surface area contributed by atoms with Crippen LogP contribution in [-0.2, 0) is 14.3 Å². The average Bonchev–Trinajstić information content (AvgIpc) is 3.34. The first-order valence-electron chi connectivity index (χ1n) is 8.30. The van der Waals surface area contributed by atoms with Crippen molar-refractivity contribution >= 4 is 11.8 Å². The standard InChI is InChI=1S/C15H26N4O3/c20-14(16-13-1-2-13)11-17-3-5-18(6-4-17)12-15(21)19-7-9-22-10-8-19/h13H,1-12H2,(H,16,20). The minimum absolute atomic E-state index is 0.139. The molecule has 22 heavy (non-hydrogen) atoms. The van der Waals surface area contributed by atoms with Crippen LogP contribution in [0, 0.1) is 0 Å². The van der Waals surface area contributed by atoms with E-state index in [2.05, 4.69) is 15.1 Å². The van der Waals surface area contributed by atoms with Gasteiger partial charge in [-0.15, -0.1) is 0 Å². The van der Waals surface area contributed by atoms with Crippen molar-refractivity contribution in [2.75, 3.05) is 65.6 Å². The number of hydrogen-bond donors (Lipinski definition) is 1. The van der Waals surface area contributed by atoms with Crippen LogP contribution in [0.4, 0.5) is 0 Å². The fourth-order valence-corrected chi connectivity index (χ4v) is 2.91. The number of carbonyl (C=O) groups is 2. The highest BCUT2D eigenvalue weighted by Gasteiger charge is 2.26. The van der Waals surface area contributed by atoms with Gasteiger partial charge in [0, 0.05) is 45.3 Å². The molecule has 3 rings (SSSR count). The predicted octanol–water partition coefficient (Wildman–Crippen LogP) is -1.26. The van der Waals surface area contributed by atoms with E-state index < -0.39 is 0 Å². The van der Waals surface area contributed by atoms with Gasteiger partial charge in [-0.25, -0.2) is 0 Å². The molecule has 0 bridgehead atoms. The summed E-state index contributed by atoms with van der Waals surface area (Å²) in [5.41, 5.74) is 0. The molecule has 0 atom stereocenters. The van der Waals surface area contributed by atoms with Gasteiger partial charge in [0.25, 0.3) is 0 Å². The number of amides is 2. The Morgan fingerprint density at radius 2 is 1.50 bits per heavy atom. The maximum absolute atomic E-state index is 12.2. The van der Waals surface area contributed by atoms with E-state index in [1.807, 2.05) is 4.90 Å². The summed E-state index contributed by atoms with van der Waals surface area (Å²) >= 11 is 0. The molecule has 124 valence electrons. The number of rotatable bonds is 5. The Morgan fingerprint density at radius 3 is 2.09 bits per heavy atom. The van der Waals surface area contributed by atoms with E-state index in [-0.39, 0.29) is 11.8 Å². The lowest BCUT2D eigenvalue weighted by molar-refractivity contribution is -0.137. The summed E-state index contributed by atoms with van der Waals surface area (Å²) in [7, 11) is 0. The molecule has 1 aliphatic carbocycles. The monoisotopic (exact) mass is 310 g/mol. The maximum atomic E-state index is 12.2. The molecular weight excluding hydrogens is 284 g/mol. The van der Waals surface area contributed by atoms with Gasteiger partial charge in [-0.3, -0.25) is 19.4 Å². The highest BCUT2D eigenvalue weighted by atomic mass is 16.5. The van der Waals surface area contributed by atoms with Gasteiger partial charge in [0.2, 0.25) is 11.8 Å². The molecule has 0 aromatic carbocycles. The first-order valence-corrected chi connectivity index (χ1v) is 8.30. The summed E-state index contributed by atoms with van der Waals surface area (Å²) in [6, 6.07) is 0.430. The van der Waals surface area contributed by atoms with Crippen LogP contribution >= 0.6 is 0 Å². The normalized spacial score (nSPS) is 24.3. The highest BCUT2D eigenvalue weighted by molar-refractivity contribution is 5.79. The fraction of sp³-hybridized carbons (Fsp3) is 0.867. The van der Waals surface area contributed by atoms with Crippen molar-refractivity contribution in [1.82, 2.24) is 20.0 Å². The van der Waals surface area contributed by atoms with E-state index in [1.165, 1.54) is 0 Å². The van der Waals surface area contributed by atoms with E-state index in [1.54, 1.807) is 0 Å². The average molecular weight is 310 g/mol. The van der Waals surface area contributed by atoms with Crippen molar-refractivity contribution in [3.8, 4) is 0 Å². The van der Waals surface area contributed by atoms with E-state index in [0.717, 1.165) is 39.0 Å². The van der Waals surface area contributed by atoms with Gasteiger partial charge in [0.05, 0.1) is 26.3 Å². The van der Waals surface area contributed by atoms with Crippen molar-refractivity contribution in [3.63, 3.8) is 0 Å². The molecule has 2 amide bonds. The lowest BCUT2D eigenvalue weighted by Gasteiger charge is -2.35. The van der Waals surface area contributed by atoms with Crippen molar-refractivity contribution < 1.29 is 14.3 Å². The summed E-state index contributed by atoms with van der Waals surface area (Å²) in [5, 5.41) is 3.02. The van der Waals surface area contributed by atoms with E-state index >= 15 is 0 Å². The quantitative estimate of drug-likeness (QED) is 0.687. The summed E-state index contributed by atoms with van der Waals surface area (Å²) in [6.07, 6.45) is 2.26. The molecular formula is C15H26N4O3. The van der Waals surface area contributed by atoms with E-state index in [9.17, 15) is 9.59 Å². The number of carbonyl (C=O) groups excluding carboxylic acids is 2. The van der Waals surface area contributed by atoms with Crippen molar-refractivity contribution in [1.29, 1.82) is 0 Å². The molecule has 7 nitrogen and oxygen atoms in total. The summed E-state index contributed by atoms with van der Waals surface area (Å²) in [4.78, 5) is 30.2. The zero-order chi connectivity index (χ0) is 15.4. The second kappa shape index (κ2) is 7.39. The molecule has 2 heterocycles. The smallest absolute Gasteiger partial charge is 0.236 e. The molecule has 7 heteroatoms. The second-order valence-corrected chi connectivity index (χ2v) is 6.39. The van der Waals surface area contributed by atoms with Gasteiger partial charge in [-0.05, 0) is 12.8 Å². The zero-order valence-electron chi connectivity index (χ0n) is 13.1. The first-order chi connectivity index (χ1) is 10.7. The largest absolute Gasteiger partial charge is 0.378 e. The Balaban J connectivity index is 1.34. The molecule has 0 aromatic heterocycles. The Morgan fingerprint density at radius 1 is 0.909 bits per heavy atom. The number of morpholine rings is 1. The Bertz CT molecular complexity index is 400. The van der Waals surface area contributed by atoms with Crippen LogP contribution in [0.5, 0.6) is 0 Å². The van der Waals surface area contributed by atoms with Crippen LogP contribution in [0.1, 0.15) is 12.8 Å². The maximum Gasteiger partial charge on any atom is 0.236 e. The SMILES string of the molecule is O=C(CN1CCN(CC(=O)N2CCOCC2)CC1)NC1CC1. The molecule has 0 spiro atoms. The van der Waals surface area contributed by atoms with Gasteiger partial charge in [-0.2, -0.15) is 0 Å². The van der Waals surface area contributed by atoms with Crippen LogP contribution in [0.25, 0.3) is 0 Å². The summed E-state index contributed by atoms with van der Waals surface area (Å²) in [6.45, 7) is 7.11. The third-order valence-electron chi connectivity index (χ3n) is 4.50. The first kappa shape index (κ1) is 15.7. The molecule has 0 radical (unpaired) electrons. The molecule has 0 unspecified atom stereocenters. The molecule has 2 aliphatic heterocycles. The molecule has 0 aromatic rings. The lowest BCUT2D eigenvalue weighted by atomic mass is 10.3. The minimum Gasteiger partial charge on any atom is -0.378 e. The number of hydrogen-bond acceptors (Lipinski definition) is 5. The Hall–Kier alpha value is -1.18. The van der Waals surface area contributed by atoms with Crippen molar-refractivity contribution in [2.24, 2.45) is 0 Å². The van der Waals surface area contributed by atoms with Crippen LogP contribution in [0.15, 0.2) is 0 Å². The van der Waals surface area contributed by atoms with E-state index in [4.69, 9.17) is 4.74 Å². The van der Waals surface area contributed by atoms with Crippen molar-refractivity contribution in [3.05, 3.63) is 0 Å². The van der Waals surface area contributed by atoms with Gasteiger partial charge in [-0.1, -0.05) is 0 Å². The van der Waals surface area contributed by atoms with Gasteiger partial charge < -0.3 is 15.0 Å².